The lowest BCUT2D eigenvalue weighted by Gasteiger charge is -2.37. The number of benzene rings is 1. The summed E-state index contributed by atoms with van der Waals surface area (Å²) < 4.78 is 0. The Balaban J connectivity index is 1.26. The number of rotatable bonds is 5. The largest absolute Gasteiger partial charge is 0.378 e. The summed E-state index contributed by atoms with van der Waals surface area (Å²) in [5.74, 6) is 0.888. The van der Waals surface area contributed by atoms with Crippen molar-refractivity contribution in [1.29, 1.82) is 0 Å². The van der Waals surface area contributed by atoms with E-state index in [1.807, 2.05) is 18.6 Å². The molecule has 1 saturated heterocycles. The van der Waals surface area contributed by atoms with Gasteiger partial charge in [0, 0.05) is 62.9 Å². The first-order valence-corrected chi connectivity index (χ1v) is 10.9. The average Bonchev–Trinajstić information content (AvgIpc) is 2.83. The number of nitrogens with one attached hydrogen (secondary N) is 3. The Bertz CT molecular complexity index is 1050. The molecule has 0 aliphatic carbocycles. The van der Waals surface area contributed by atoms with E-state index >= 15 is 0 Å². The van der Waals surface area contributed by atoms with Crippen LogP contribution in [-0.2, 0) is 0 Å². The molecule has 31 heavy (non-hydrogen) atoms. The fraction of sp³-hybridized carbons (Fsp3) is 0.333. The first kappa shape index (κ1) is 19.8. The van der Waals surface area contributed by atoms with Gasteiger partial charge in [0.2, 0.25) is 0 Å². The molecule has 160 valence electrons. The molecule has 4 heterocycles. The summed E-state index contributed by atoms with van der Waals surface area (Å²) in [6, 6.07) is 8.68. The number of aliphatic imine (C=N–C) groups is 1. The SMILES string of the molecule is CN1CCN(C2C=C(CNc3cc4cc(C5C=NC=CN5)ccc4cn3)C=CN2)CC1. The molecule has 0 spiro atoms. The Morgan fingerprint density at radius 2 is 1.97 bits per heavy atom. The number of piperazine rings is 1. The second kappa shape index (κ2) is 8.91. The van der Waals surface area contributed by atoms with E-state index in [-0.39, 0.29) is 12.2 Å². The zero-order chi connectivity index (χ0) is 21.0. The molecule has 2 aromatic rings. The number of hydrogen-bond acceptors (Lipinski definition) is 7. The first-order chi connectivity index (χ1) is 15.2. The van der Waals surface area contributed by atoms with Gasteiger partial charge in [0.1, 0.15) is 5.82 Å². The van der Waals surface area contributed by atoms with Crippen LogP contribution in [0.4, 0.5) is 5.82 Å². The topological polar surface area (TPSA) is 67.8 Å². The van der Waals surface area contributed by atoms with Crippen LogP contribution in [0.5, 0.6) is 0 Å². The number of hydrogen-bond donors (Lipinski definition) is 3. The van der Waals surface area contributed by atoms with Crippen molar-refractivity contribution in [3.63, 3.8) is 0 Å². The third-order valence-corrected chi connectivity index (χ3v) is 6.12. The third kappa shape index (κ3) is 4.62. The lowest BCUT2D eigenvalue weighted by atomic mass is 10.0. The van der Waals surface area contributed by atoms with E-state index in [9.17, 15) is 0 Å². The van der Waals surface area contributed by atoms with Crippen molar-refractivity contribution in [1.82, 2.24) is 25.4 Å². The Kier molecular flexibility index (Phi) is 5.69. The van der Waals surface area contributed by atoms with Gasteiger partial charge in [-0.1, -0.05) is 12.1 Å². The predicted octanol–water partition coefficient (Wildman–Crippen LogP) is 2.45. The maximum absolute atomic E-state index is 4.60. The molecule has 7 heteroatoms. The quantitative estimate of drug-likeness (QED) is 0.697. The smallest absolute Gasteiger partial charge is 0.126 e. The summed E-state index contributed by atoms with van der Waals surface area (Å²) in [4.78, 5) is 13.7. The van der Waals surface area contributed by atoms with Gasteiger partial charge in [0.15, 0.2) is 0 Å². The van der Waals surface area contributed by atoms with E-state index in [2.05, 4.69) is 85.4 Å². The molecule has 0 radical (unpaired) electrons. The van der Waals surface area contributed by atoms with E-state index in [0.717, 1.165) is 43.9 Å². The number of anilines is 1. The standard InChI is InChI=1S/C24H29N7/c1-30-8-10-31(11-9-30)24-12-18(4-5-27-24)15-28-23-14-21-13-19(2-3-20(21)16-29-23)22-17-25-6-7-26-22/h2-7,12-14,16-17,22,24,26-27H,8-11,15H2,1H3,(H,28,29). The van der Waals surface area contributed by atoms with Crippen LogP contribution in [0.2, 0.25) is 0 Å². The molecule has 7 nitrogen and oxygen atoms in total. The molecule has 2 atom stereocenters. The molecule has 1 aromatic heterocycles. The van der Waals surface area contributed by atoms with Crippen LogP contribution in [0.15, 0.2) is 71.8 Å². The summed E-state index contributed by atoms with van der Waals surface area (Å²) in [7, 11) is 2.19. The highest BCUT2D eigenvalue weighted by Gasteiger charge is 2.21. The van der Waals surface area contributed by atoms with Gasteiger partial charge in [-0.3, -0.25) is 9.89 Å². The monoisotopic (exact) mass is 415 g/mol. The Hall–Kier alpha value is -3.16. The molecule has 1 aromatic carbocycles. The zero-order valence-electron chi connectivity index (χ0n) is 17.8. The van der Waals surface area contributed by atoms with Gasteiger partial charge >= 0.3 is 0 Å². The number of pyridine rings is 1. The second-order valence-corrected chi connectivity index (χ2v) is 8.31. The lowest BCUT2D eigenvalue weighted by molar-refractivity contribution is 0.121. The van der Waals surface area contributed by atoms with Crippen LogP contribution in [-0.4, -0.2) is 66.9 Å². The summed E-state index contributed by atoms with van der Waals surface area (Å²) in [5.41, 5.74) is 2.46. The summed E-state index contributed by atoms with van der Waals surface area (Å²) in [5, 5.41) is 12.6. The number of dihydropyridines is 1. The van der Waals surface area contributed by atoms with Gasteiger partial charge in [-0.05, 0) is 54.1 Å². The number of likely N-dealkylation sites (N-methyl/N-ethyl adjacent to an activating group) is 1. The fourth-order valence-corrected chi connectivity index (χ4v) is 4.18. The zero-order valence-corrected chi connectivity index (χ0v) is 17.8. The Morgan fingerprint density at radius 3 is 2.81 bits per heavy atom. The number of aromatic nitrogens is 1. The van der Waals surface area contributed by atoms with Gasteiger partial charge in [-0.15, -0.1) is 0 Å². The molecule has 2 unspecified atom stereocenters. The maximum atomic E-state index is 4.60. The molecule has 3 aliphatic heterocycles. The van der Waals surface area contributed by atoms with E-state index in [0.29, 0.717) is 0 Å². The molecule has 0 bridgehead atoms. The van der Waals surface area contributed by atoms with Crippen molar-refractivity contribution in [2.75, 3.05) is 45.1 Å². The maximum Gasteiger partial charge on any atom is 0.126 e. The van der Waals surface area contributed by atoms with Crippen LogP contribution in [0.1, 0.15) is 11.6 Å². The minimum absolute atomic E-state index is 0.107. The molecule has 0 amide bonds. The van der Waals surface area contributed by atoms with Crippen molar-refractivity contribution in [2.45, 2.75) is 12.2 Å². The minimum atomic E-state index is 0.107. The van der Waals surface area contributed by atoms with Crippen LogP contribution >= 0.6 is 0 Å². The van der Waals surface area contributed by atoms with Crippen LogP contribution in [0, 0.1) is 0 Å². The van der Waals surface area contributed by atoms with E-state index in [4.69, 9.17) is 0 Å². The molecule has 5 rings (SSSR count). The lowest BCUT2D eigenvalue weighted by Crippen LogP contribution is -2.52. The minimum Gasteiger partial charge on any atom is -0.378 e. The summed E-state index contributed by atoms with van der Waals surface area (Å²) in [6.07, 6.45) is 14.3. The van der Waals surface area contributed by atoms with Gasteiger partial charge in [-0.25, -0.2) is 4.98 Å². The normalized spacial score (nSPS) is 24.0. The molecular formula is C24H29N7. The van der Waals surface area contributed by atoms with Gasteiger partial charge in [0.05, 0.1) is 12.2 Å². The van der Waals surface area contributed by atoms with Crippen LogP contribution < -0.4 is 16.0 Å². The Morgan fingerprint density at radius 1 is 1.06 bits per heavy atom. The first-order valence-electron chi connectivity index (χ1n) is 10.9. The van der Waals surface area contributed by atoms with Crippen molar-refractivity contribution >= 4 is 22.8 Å². The highest BCUT2D eigenvalue weighted by Crippen LogP contribution is 2.23. The fourth-order valence-electron chi connectivity index (χ4n) is 4.18. The van der Waals surface area contributed by atoms with Gasteiger partial charge < -0.3 is 20.9 Å². The Labute approximate surface area is 183 Å². The number of fused-ring (bicyclic) bond motifs is 1. The highest BCUT2D eigenvalue weighted by atomic mass is 15.3. The third-order valence-electron chi connectivity index (χ3n) is 6.12. The van der Waals surface area contributed by atoms with Crippen LogP contribution in [0.3, 0.4) is 0 Å². The summed E-state index contributed by atoms with van der Waals surface area (Å²) >= 11 is 0. The van der Waals surface area contributed by atoms with E-state index < -0.39 is 0 Å². The highest BCUT2D eigenvalue weighted by molar-refractivity contribution is 5.85. The van der Waals surface area contributed by atoms with Crippen molar-refractivity contribution in [3.8, 4) is 0 Å². The molecule has 3 aliphatic rings. The molecule has 1 fully saturated rings. The van der Waals surface area contributed by atoms with E-state index in [1.54, 1.807) is 6.20 Å². The molecular weight excluding hydrogens is 386 g/mol. The average molecular weight is 416 g/mol. The van der Waals surface area contributed by atoms with Crippen molar-refractivity contribution in [2.24, 2.45) is 4.99 Å². The van der Waals surface area contributed by atoms with Crippen LogP contribution in [0.25, 0.3) is 10.8 Å². The number of nitrogens with zero attached hydrogens (tertiary/aromatic N) is 4. The van der Waals surface area contributed by atoms with Gasteiger partial charge in [0.25, 0.3) is 0 Å². The van der Waals surface area contributed by atoms with Crippen molar-refractivity contribution in [3.05, 3.63) is 72.4 Å². The summed E-state index contributed by atoms with van der Waals surface area (Å²) in [6.45, 7) is 5.16. The predicted molar refractivity (Wildman–Crippen MR) is 127 cm³/mol. The molecule has 3 N–H and O–H groups in total. The van der Waals surface area contributed by atoms with E-state index in [1.165, 1.54) is 16.5 Å². The molecule has 0 saturated carbocycles. The van der Waals surface area contributed by atoms with Crippen molar-refractivity contribution < 1.29 is 0 Å². The second-order valence-electron chi connectivity index (χ2n) is 8.31. The van der Waals surface area contributed by atoms with Gasteiger partial charge in [-0.2, -0.15) is 0 Å².